The smallest absolute Gasteiger partial charge is 0.309 e. The molecule has 1 aliphatic carbocycles. The molecule has 2 rings (SSSR count). The van der Waals surface area contributed by atoms with E-state index in [1.807, 2.05) is 13.0 Å². The highest BCUT2D eigenvalue weighted by atomic mass is 16.5. The topological polar surface area (TPSA) is 78.1 Å². The van der Waals surface area contributed by atoms with Crippen LogP contribution in [0.15, 0.2) is 18.6 Å². The molecule has 96 valence electrons. The number of ether oxygens (including phenoxy) is 1. The SMILES string of the molecule is CCOC(=O)C1CC=C(c2cncnc2N)CC1. The molecule has 1 aliphatic rings. The molecule has 1 aromatic heterocycles. The highest BCUT2D eigenvalue weighted by Gasteiger charge is 2.23. The Morgan fingerprint density at radius 1 is 1.61 bits per heavy atom. The molecule has 5 nitrogen and oxygen atoms in total. The van der Waals surface area contributed by atoms with Gasteiger partial charge < -0.3 is 10.5 Å². The second-order valence-corrected chi connectivity index (χ2v) is 4.27. The molecule has 0 fully saturated rings. The van der Waals surface area contributed by atoms with Gasteiger partial charge in [0.05, 0.1) is 12.5 Å². The summed E-state index contributed by atoms with van der Waals surface area (Å²) in [7, 11) is 0. The van der Waals surface area contributed by atoms with Crippen LogP contribution in [-0.2, 0) is 9.53 Å². The van der Waals surface area contributed by atoms with Gasteiger partial charge in [0.2, 0.25) is 0 Å². The van der Waals surface area contributed by atoms with E-state index in [9.17, 15) is 4.79 Å². The lowest BCUT2D eigenvalue weighted by atomic mass is 9.87. The lowest BCUT2D eigenvalue weighted by molar-refractivity contribution is -0.148. The fourth-order valence-corrected chi connectivity index (χ4v) is 2.14. The van der Waals surface area contributed by atoms with E-state index < -0.39 is 0 Å². The largest absolute Gasteiger partial charge is 0.466 e. The minimum Gasteiger partial charge on any atom is -0.466 e. The number of nitrogens with two attached hydrogens (primary N) is 1. The fraction of sp³-hybridized carbons (Fsp3) is 0.462. The van der Waals surface area contributed by atoms with Crippen molar-refractivity contribution in [3.8, 4) is 0 Å². The van der Waals surface area contributed by atoms with Crippen LogP contribution in [0.4, 0.5) is 5.82 Å². The van der Waals surface area contributed by atoms with Crippen molar-refractivity contribution in [1.29, 1.82) is 0 Å². The number of esters is 1. The van der Waals surface area contributed by atoms with Gasteiger partial charge in [-0.2, -0.15) is 0 Å². The Bertz CT molecular complexity index is 471. The molecule has 0 spiro atoms. The Balaban J connectivity index is 2.07. The van der Waals surface area contributed by atoms with Crippen LogP contribution in [0, 0.1) is 5.92 Å². The van der Waals surface area contributed by atoms with Gasteiger partial charge in [0.1, 0.15) is 12.1 Å². The van der Waals surface area contributed by atoms with Crippen molar-refractivity contribution in [2.75, 3.05) is 12.3 Å². The van der Waals surface area contributed by atoms with Crippen LogP contribution in [0.5, 0.6) is 0 Å². The summed E-state index contributed by atoms with van der Waals surface area (Å²) in [5.74, 6) is 0.357. The van der Waals surface area contributed by atoms with E-state index in [0.717, 1.165) is 24.0 Å². The number of hydrogen-bond donors (Lipinski definition) is 1. The van der Waals surface area contributed by atoms with Crippen LogP contribution in [0.2, 0.25) is 0 Å². The van der Waals surface area contributed by atoms with Gasteiger partial charge in [-0.15, -0.1) is 0 Å². The summed E-state index contributed by atoms with van der Waals surface area (Å²) in [6, 6.07) is 0. The van der Waals surface area contributed by atoms with Crippen LogP contribution in [0.25, 0.3) is 5.57 Å². The molecule has 0 saturated carbocycles. The van der Waals surface area contributed by atoms with Gasteiger partial charge in [0.15, 0.2) is 0 Å². The average molecular weight is 247 g/mol. The monoisotopic (exact) mass is 247 g/mol. The molecule has 0 aromatic carbocycles. The summed E-state index contributed by atoms with van der Waals surface area (Å²) in [5.41, 5.74) is 7.80. The zero-order chi connectivity index (χ0) is 13.0. The van der Waals surface area contributed by atoms with E-state index >= 15 is 0 Å². The molecule has 0 saturated heterocycles. The van der Waals surface area contributed by atoms with Gasteiger partial charge in [-0.1, -0.05) is 6.08 Å². The lowest BCUT2D eigenvalue weighted by Gasteiger charge is -2.20. The van der Waals surface area contributed by atoms with Gasteiger partial charge in [-0.25, -0.2) is 9.97 Å². The first-order valence-electron chi connectivity index (χ1n) is 6.14. The van der Waals surface area contributed by atoms with E-state index in [-0.39, 0.29) is 11.9 Å². The number of rotatable bonds is 3. The first-order valence-corrected chi connectivity index (χ1v) is 6.14. The maximum absolute atomic E-state index is 11.6. The minimum atomic E-state index is -0.106. The summed E-state index contributed by atoms with van der Waals surface area (Å²) >= 11 is 0. The molecule has 1 heterocycles. The van der Waals surface area contributed by atoms with Crippen LogP contribution in [0.1, 0.15) is 31.7 Å². The van der Waals surface area contributed by atoms with Crippen molar-refractivity contribution in [3.63, 3.8) is 0 Å². The van der Waals surface area contributed by atoms with Crippen molar-refractivity contribution >= 4 is 17.4 Å². The van der Waals surface area contributed by atoms with Gasteiger partial charge in [-0.05, 0) is 31.8 Å². The molecular formula is C13H17N3O2. The molecule has 0 aliphatic heterocycles. The lowest BCUT2D eigenvalue weighted by Crippen LogP contribution is -2.19. The fourth-order valence-electron chi connectivity index (χ4n) is 2.14. The van der Waals surface area contributed by atoms with Crippen LogP contribution < -0.4 is 5.73 Å². The molecule has 0 radical (unpaired) electrons. The van der Waals surface area contributed by atoms with E-state index in [4.69, 9.17) is 10.5 Å². The van der Waals surface area contributed by atoms with Gasteiger partial charge in [-0.3, -0.25) is 4.79 Å². The van der Waals surface area contributed by atoms with E-state index in [0.29, 0.717) is 18.8 Å². The van der Waals surface area contributed by atoms with E-state index in [2.05, 4.69) is 9.97 Å². The van der Waals surface area contributed by atoms with Crippen LogP contribution >= 0.6 is 0 Å². The maximum Gasteiger partial charge on any atom is 0.309 e. The number of nitrogen functional groups attached to an aromatic ring is 1. The normalized spacial score (nSPS) is 19.2. The van der Waals surface area contributed by atoms with Crippen LogP contribution in [-0.4, -0.2) is 22.5 Å². The first-order chi connectivity index (χ1) is 8.72. The van der Waals surface area contributed by atoms with Crippen LogP contribution in [0.3, 0.4) is 0 Å². The Kier molecular flexibility index (Phi) is 3.92. The molecule has 0 amide bonds. The van der Waals surface area contributed by atoms with E-state index in [1.165, 1.54) is 6.33 Å². The molecule has 1 aromatic rings. The van der Waals surface area contributed by atoms with Crippen molar-refractivity contribution in [2.24, 2.45) is 5.92 Å². The van der Waals surface area contributed by atoms with Gasteiger partial charge >= 0.3 is 5.97 Å². The predicted molar refractivity (Wildman–Crippen MR) is 68.4 cm³/mol. The highest BCUT2D eigenvalue weighted by Crippen LogP contribution is 2.32. The molecular weight excluding hydrogens is 230 g/mol. The highest BCUT2D eigenvalue weighted by molar-refractivity contribution is 5.77. The summed E-state index contributed by atoms with van der Waals surface area (Å²) in [4.78, 5) is 19.6. The summed E-state index contributed by atoms with van der Waals surface area (Å²) in [6.07, 6.45) is 7.49. The van der Waals surface area contributed by atoms with Gasteiger partial charge in [0, 0.05) is 11.8 Å². The standard InChI is InChI=1S/C13H17N3O2/c1-2-18-13(17)10-5-3-9(4-6-10)11-7-15-8-16-12(11)14/h3,7-8,10H,2,4-6H2,1H3,(H2,14,15,16). The zero-order valence-electron chi connectivity index (χ0n) is 10.4. The third-order valence-electron chi connectivity index (χ3n) is 3.12. The number of carbonyl (C=O) groups is 1. The molecule has 0 bridgehead atoms. The van der Waals surface area contributed by atoms with E-state index in [1.54, 1.807) is 6.20 Å². The van der Waals surface area contributed by atoms with Crippen molar-refractivity contribution in [3.05, 3.63) is 24.2 Å². The second kappa shape index (κ2) is 5.62. The zero-order valence-corrected chi connectivity index (χ0v) is 10.4. The third-order valence-corrected chi connectivity index (χ3v) is 3.12. The predicted octanol–water partition coefficient (Wildman–Crippen LogP) is 1.81. The number of anilines is 1. The number of allylic oxidation sites excluding steroid dienone is 2. The molecule has 1 unspecified atom stereocenters. The molecule has 18 heavy (non-hydrogen) atoms. The molecule has 1 atom stereocenters. The Labute approximate surface area is 106 Å². The molecule has 5 heteroatoms. The van der Waals surface area contributed by atoms with Crippen molar-refractivity contribution < 1.29 is 9.53 Å². The second-order valence-electron chi connectivity index (χ2n) is 4.27. The maximum atomic E-state index is 11.6. The van der Waals surface area contributed by atoms with Crippen molar-refractivity contribution in [2.45, 2.75) is 26.2 Å². The Morgan fingerprint density at radius 2 is 2.44 bits per heavy atom. The number of aromatic nitrogens is 2. The summed E-state index contributed by atoms with van der Waals surface area (Å²) in [6.45, 7) is 2.26. The number of nitrogens with zero attached hydrogens (tertiary/aromatic N) is 2. The molecule has 2 N–H and O–H groups in total. The average Bonchev–Trinajstić information content (AvgIpc) is 2.40. The number of hydrogen-bond acceptors (Lipinski definition) is 5. The minimum absolute atomic E-state index is 0.0282. The third kappa shape index (κ3) is 2.67. The quantitative estimate of drug-likeness (QED) is 0.824. The first kappa shape index (κ1) is 12.5. The summed E-state index contributed by atoms with van der Waals surface area (Å²) < 4.78 is 5.03. The Morgan fingerprint density at radius 3 is 3.06 bits per heavy atom. The van der Waals surface area contributed by atoms with Gasteiger partial charge in [0.25, 0.3) is 0 Å². The van der Waals surface area contributed by atoms with Crippen molar-refractivity contribution in [1.82, 2.24) is 9.97 Å². The number of carbonyl (C=O) groups excluding carboxylic acids is 1. The Hall–Kier alpha value is -1.91. The summed E-state index contributed by atoms with van der Waals surface area (Å²) in [5, 5.41) is 0.